The molecule has 0 aromatic carbocycles. The monoisotopic (exact) mass is 186 g/mol. The van der Waals surface area contributed by atoms with Crippen molar-refractivity contribution >= 4 is 0 Å². The summed E-state index contributed by atoms with van der Waals surface area (Å²) < 4.78 is 0. The molecule has 0 atom stereocenters. The Labute approximate surface area is 86.1 Å². The summed E-state index contributed by atoms with van der Waals surface area (Å²) in [6.07, 6.45) is 9.70. The minimum atomic E-state index is 1.01. The van der Waals surface area contributed by atoms with Crippen molar-refractivity contribution in [3.8, 4) is 0 Å². The molecular formula is C13H30. The van der Waals surface area contributed by atoms with Crippen LogP contribution < -0.4 is 0 Å². The van der Waals surface area contributed by atoms with Crippen LogP contribution in [0.15, 0.2) is 0 Å². The lowest BCUT2D eigenvalue weighted by Gasteiger charge is -2.10. The topological polar surface area (TPSA) is 0 Å². The number of hydrogen-bond donors (Lipinski definition) is 0. The van der Waals surface area contributed by atoms with Crippen molar-refractivity contribution < 1.29 is 0 Å². The summed E-state index contributed by atoms with van der Waals surface area (Å²) in [5.41, 5.74) is 0. The van der Waals surface area contributed by atoms with Crippen LogP contribution in [0.5, 0.6) is 0 Å². The van der Waals surface area contributed by atoms with Gasteiger partial charge in [-0.15, -0.1) is 0 Å². The highest BCUT2D eigenvalue weighted by Crippen LogP contribution is 2.16. The molecule has 0 aliphatic carbocycles. The van der Waals surface area contributed by atoms with Crippen molar-refractivity contribution in [2.45, 2.75) is 79.6 Å². The fourth-order valence-corrected chi connectivity index (χ4v) is 1.38. The van der Waals surface area contributed by atoms with E-state index in [-0.39, 0.29) is 0 Å². The Morgan fingerprint density at radius 3 is 1.54 bits per heavy atom. The van der Waals surface area contributed by atoms with Gasteiger partial charge in [-0.25, -0.2) is 0 Å². The first-order chi connectivity index (χ1) is 6.26. The van der Waals surface area contributed by atoms with E-state index in [1.165, 1.54) is 44.9 Å². The molecule has 0 aliphatic rings. The first-order valence-corrected chi connectivity index (χ1v) is 6.26. The molecule has 82 valence electrons. The molecule has 0 fully saturated rings. The smallest absolute Gasteiger partial charge is 0.0420 e. The van der Waals surface area contributed by atoms with E-state index < -0.39 is 0 Å². The molecule has 0 radical (unpaired) electrons. The standard InChI is InChI=1S/C10H22.C3H8/c1-4-7-8-9-10(5-2)6-3;1-3-2/h10H,4-9H2,1-3H3;3H2,1-2H3. The summed E-state index contributed by atoms with van der Waals surface area (Å²) in [6, 6.07) is 0. The highest BCUT2D eigenvalue weighted by Gasteiger charge is 2.00. The Kier molecular flexibility index (Phi) is 17.3. The Hall–Kier alpha value is 0. The summed E-state index contributed by atoms with van der Waals surface area (Å²) in [5.74, 6) is 1.01. The van der Waals surface area contributed by atoms with Gasteiger partial charge < -0.3 is 0 Å². The highest BCUT2D eigenvalue weighted by molar-refractivity contribution is 4.54. The molecule has 0 heteroatoms. The van der Waals surface area contributed by atoms with E-state index in [0.717, 1.165) is 5.92 Å². The van der Waals surface area contributed by atoms with Crippen LogP contribution in [0.4, 0.5) is 0 Å². The van der Waals surface area contributed by atoms with E-state index >= 15 is 0 Å². The molecule has 13 heavy (non-hydrogen) atoms. The van der Waals surface area contributed by atoms with Crippen LogP contribution in [0.1, 0.15) is 79.6 Å². The summed E-state index contributed by atoms with van der Waals surface area (Å²) in [6.45, 7) is 11.1. The maximum absolute atomic E-state index is 2.31. The minimum absolute atomic E-state index is 1.01. The van der Waals surface area contributed by atoms with Crippen LogP contribution in [0.25, 0.3) is 0 Å². The molecule has 0 heterocycles. The van der Waals surface area contributed by atoms with Gasteiger partial charge in [0, 0.05) is 0 Å². The van der Waals surface area contributed by atoms with Gasteiger partial charge in [0.2, 0.25) is 0 Å². The van der Waals surface area contributed by atoms with Crippen LogP contribution in [-0.2, 0) is 0 Å². The normalized spacial score (nSPS) is 9.69. The van der Waals surface area contributed by atoms with E-state index in [9.17, 15) is 0 Å². The Balaban J connectivity index is 0. The molecule has 0 aliphatic heterocycles. The summed E-state index contributed by atoms with van der Waals surface area (Å²) in [7, 11) is 0. The van der Waals surface area contributed by atoms with Crippen LogP contribution in [-0.4, -0.2) is 0 Å². The molecule has 0 amide bonds. The van der Waals surface area contributed by atoms with Crippen molar-refractivity contribution in [1.29, 1.82) is 0 Å². The minimum Gasteiger partial charge on any atom is -0.0656 e. The quantitative estimate of drug-likeness (QED) is 0.486. The van der Waals surface area contributed by atoms with Gasteiger partial charge in [0.1, 0.15) is 0 Å². The summed E-state index contributed by atoms with van der Waals surface area (Å²) in [4.78, 5) is 0. The van der Waals surface area contributed by atoms with Crippen LogP contribution in [0.3, 0.4) is 0 Å². The van der Waals surface area contributed by atoms with Crippen molar-refractivity contribution in [3.63, 3.8) is 0 Å². The lowest BCUT2D eigenvalue weighted by atomic mass is 9.96. The third-order valence-electron chi connectivity index (χ3n) is 2.37. The summed E-state index contributed by atoms with van der Waals surface area (Å²) in [5, 5.41) is 0. The Bertz CT molecular complexity index is 62.4. The lowest BCUT2D eigenvalue weighted by Crippen LogP contribution is -1.95. The summed E-state index contributed by atoms with van der Waals surface area (Å²) >= 11 is 0. The molecule has 0 aromatic rings. The van der Waals surface area contributed by atoms with E-state index in [2.05, 4.69) is 34.6 Å². The molecule has 0 saturated carbocycles. The van der Waals surface area contributed by atoms with E-state index in [0.29, 0.717) is 0 Å². The van der Waals surface area contributed by atoms with Gasteiger partial charge >= 0.3 is 0 Å². The van der Waals surface area contributed by atoms with Gasteiger partial charge in [0.25, 0.3) is 0 Å². The van der Waals surface area contributed by atoms with Gasteiger partial charge in [-0.05, 0) is 5.92 Å². The van der Waals surface area contributed by atoms with Crippen molar-refractivity contribution in [1.82, 2.24) is 0 Å². The lowest BCUT2D eigenvalue weighted by molar-refractivity contribution is 0.432. The van der Waals surface area contributed by atoms with Crippen LogP contribution >= 0.6 is 0 Å². The van der Waals surface area contributed by atoms with E-state index in [4.69, 9.17) is 0 Å². The molecule has 0 bridgehead atoms. The van der Waals surface area contributed by atoms with Crippen molar-refractivity contribution in [2.24, 2.45) is 5.92 Å². The molecule has 0 spiro atoms. The second-order valence-corrected chi connectivity index (χ2v) is 3.89. The van der Waals surface area contributed by atoms with Gasteiger partial charge in [0.15, 0.2) is 0 Å². The van der Waals surface area contributed by atoms with Gasteiger partial charge in [0.05, 0.1) is 0 Å². The zero-order chi connectivity index (χ0) is 10.5. The predicted molar refractivity (Wildman–Crippen MR) is 64.2 cm³/mol. The van der Waals surface area contributed by atoms with Crippen LogP contribution in [0.2, 0.25) is 0 Å². The zero-order valence-electron chi connectivity index (χ0n) is 10.5. The van der Waals surface area contributed by atoms with E-state index in [1.54, 1.807) is 0 Å². The predicted octanol–water partition coefficient (Wildman–Crippen LogP) is 5.42. The average molecular weight is 186 g/mol. The average Bonchev–Trinajstić information content (AvgIpc) is 2.14. The van der Waals surface area contributed by atoms with Crippen molar-refractivity contribution in [3.05, 3.63) is 0 Å². The molecule has 0 nitrogen and oxygen atoms in total. The van der Waals surface area contributed by atoms with Gasteiger partial charge in [-0.3, -0.25) is 0 Å². The first-order valence-electron chi connectivity index (χ1n) is 6.26. The molecule has 0 rings (SSSR count). The SMILES string of the molecule is CCC.CCCCCC(CC)CC. The highest BCUT2D eigenvalue weighted by atomic mass is 14.1. The maximum atomic E-state index is 2.31. The zero-order valence-corrected chi connectivity index (χ0v) is 10.5. The number of rotatable bonds is 6. The molecule has 0 N–H and O–H groups in total. The molecule has 0 aromatic heterocycles. The molecule has 0 unspecified atom stereocenters. The van der Waals surface area contributed by atoms with Gasteiger partial charge in [-0.1, -0.05) is 79.6 Å². The van der Waals surface area contributed by atoms with E-state index in [1.807, 2.05) is 0 Å². The van der Waals surface area contributed by atoms with Gasteiger partial charge in [-0.2, -0.15) is 0 Å². The number of unbranched alkanes of at least 4 members (excludes halogenated alkanes) is 2. The fourth-order valence-electron chi connectivity index (χ4n) is 1.38. The Morgan fingerprint density at radius 1 is 0.769 bits per heavy atom. The third-order valence-corrected chi connectivity index (χ3v) is 2.37. The maximum Gasteiger partial charge on any atom is -0.0420 e. The largest absolute Gasteiger partial charge is 0.0656 e. The molecule has 0 saturated heterocycles. The first kappa shape index (κ1) is 15.5. The second kappa shape index (κ2) is 14.5. The van der Waals surface area contributed by atoms with Crippen LogP contribution in [0, 0.1) is 5.92 Å². The third kappa shape index (κ3) is 14.8. The fraction of sp³-hybridized carbons (Fsp3) is 1.00. The molecular weight excluding hydrogens is 156 g/mol. The second-order valence-electron chi connectivity index (χ2n) is 3.89. The Morgan fingerprint density at radius 2 is 1.23 bits per heavy atom. The number of hydrogen-bond acceptors (Lipinski definition) is 0. The van der Waals surface area contributed by atoms with Crippen molar-refractivity contribution in [2.75, 3.05) is 0 Å².